The molecule has 3 saturated heterocycles. The first kappa shape index (κ1) is 15.5. The molecule has 7 heteroatoms. The van der Waals surface area contributed by atoms with E-state index in [0.717, 1.165) is 32.5 Å². The van der Waals surface area contributed by atoms with Crippen LogP contribution in [0.25, 0.3) is 0 Å². The Labute approximate surface area is 144 Å². The van der Waals surface area contributed by atoms with Gasteiger partial charge in [-0.25, -0.2) is 4.98 Å². The van der Waals surface area contributed by atoms with Gasteiger partial charge in [-0.05, 0) is 44.0 Å². The number of ether oxygens (including phenoxy) is 1. The first-order chi connectivity index (χ1) is 11.7. The summed E-state index contributed by atoms with van der Waals surface area (Å²) in [6, 6.07) is 7.22. The number of carbonyl (C=O) groups excluding carboxylic acids is 1. The lowest BCUT2D eigenvalue weighted by molar-refractivity contribution is 0.0599. The van der Waals surface area contributed by atoms with E-state index in [4.69, 9.17) is 20.8 Å². The van der Waals surface area contributed by atoms with Gasteiger partial charge >= 0.3 is 11.9 Å². The summed E-state index contributed by atoms with van der Waals surface area (Å²) in [5.41, 5.74) is 0. The van der Waals surface area contributed by atoms with Crippen LogP contribution in [0, 0.1) is 5.92 Å². The van der Waals surface area contributed by atoms with Gasteiger partial charge in [-0.1, -0.05) is 23.7 Å². The molecule has 0 saturated carbocycles. The van der Waals surface area contributed by atoms with Crippen LogP contribution in [0.15, 0.2) is 34.9 Å². The first-order valence-electron chi connectivity index (χ1n) is 8.10. The Morgan fingerprint density at radius 3 is 2.83 bits per heavy atom. The van der Waals surface area contributed by atoms with E-state index in [9.17, 15) is 4.79 Å². The van der Waals surface area contributed by atoms with Crippen LogP contribution in [0.4, 0.5) is 0 Å². The van der Waals surface area contributed by atoms with Crippen molar-refractivity contribution in [1.29, 1.82) is 0 Å². The second kappa shape index (κ2) is 6.45. The summed E-state index contributed by atoms with van der Waals surface area (Å²) >= 11 is 6.04. The van der Waals surface area contributed by atoms with Crippen molar-refractivity contribution in [3.05, 3.63) is 41.4 Å². The molecule has 3 fully saturated rings. The van der Waals surface area contributed by atoms with E-state index in [-0.39, 0.29) is 23.8 Å². The van der Waals surface area contributed by atoms with Gasteiger partial charge in [0.2, 0.25) is 0 Å². The molecule has 1 aromatic heterocycles. The number of rotatable bonds is 4. The zero-order chi connectivity index (χ0) is 16.5. The first-order valence-corrected chi connectivity index (χ1v) is 8.48. The maximum atomic E-state index is 12.4. The number of oxazole rings is 1. The quantitative estimate of drug-likeness (QED) is 0.921. The van der Waals surface area contributed by atoms with Gasteiger partial charge in [-0.15, -0.1) is 0 Å². The van der Waals surface area contributed by atoms with Crippen molar-refractivity contribution in [1.82, 2.24) is 15.2 Å². The number of benzene rings is 1. The highest BCUT2D eigenvalue weighted by molar-refractivity contribution is 6.32. The summed E-state index contributed by atoms with van der Waals surface area (Å²) < 4.78 is 10.9. The molecule has 4 heterocycles. The molecule has 2 aromatic rings. The fourth-order valence-electron chi connectivity index (χ4n) is 3.41. The van der Waals surface area contributed by atoms with Gasteiger partial charge < -0.3 is 19.4 Å². The number of fused-ring (bicyclic) bond motifs is 3. The van der Waals surface area contributed by atoms with E-state index in [0.29, 0.717) is 16.7 Å². The van der Waals surface area contributed by atoms with E-state index in [1.54, 1.807) is 18.2 Å². The fraction of sp³-hybridized carbons (Fsp3) is 0.412. The van der Waals surface area contributed by atoms with Crippen molar-refractivity contribution in [3.8, 4) is 11.7 Å². The molecule has 1 amide bonds. The molecule has 0 spiro atoms. The third kappa shape index (κ3) is 3.12. The van der Waals surface area contributed by atoms with E-state index < -0.39 is 0 Å². The molecular weight excluding hydrogens is 330 g/mol. The molecule has 2 bridgehead atoms. The number of piperidine rings is 3. The number of hydrogen-bond acceptors (Lipinski definition) is 5. The molecule has 6 nitrogen and oxygen atoms in total. The molecule has 1 unspecified atom stereocenters. The topological polar surface area (TPSA) is 67.6 Å². The van der Waals surface area contributed by atoms with Crippen molar-refractivity contribution < 1.29 is 13.9 Å². The Morgan fingerprint density at radius 1 is 1.33 bits per heavy atom. The van der Waals surface area contributed by atoms with Gasteiger partial charge in [0, 0.05) is 12.6 Å². The highest BCUT2D eigenvalue weighted by atomic mass is 35.5. The number of nitrogens with zero attached hydrogens (tertiary/aromatic N) is 2. The van der Waals surface area contributed by atoms with Crippen LogP contribution in [0.5, 0.6) is 11.7 Å². The van der Waals surface area contributed by atoms with Crippen LogP contribution in [0.3, 0.4) is 0 Å². The van der Waals surface area contributed by atoms with Crippen LogP contribution < -0.4 is 10.1 Å². The standard InChI is InChI=1S/C17H18ClN3O3/c18-12-3-1-2-4-14(12)23-15-9-19-17(24-15)16(22)20-13-10-21-7-5-11(13)6-8-21/h1-4,9,11,13H,5-8,10H2,(H,20,22). The van der Waals surface area contributed by atoms with Crippen molar-refractivity contribution in [2.45, 2.75) is 18.9 Å². The Morgan fingerprint density at radius 2 is 2.12 bits per heavy atom. The summed E-state index contributed by atoms with van der Waals surface area (Å²) in [5.74, 6) is 0.853. The molecule has 1 atom stereocenters. The smallest absolute Gasteiger partial charge is 0.311 e. The predicted molar refractivity (Wildman–Crippen MR) is 88.4 cm³/mol. The molecule has 0 radical (unpaired) electrons. The molecule has 3 aliphatic heterocycles. The normalized spacial score (nSPS) is 25.5. The van der Waals surface area contributed by atoms with Gasteiger partial charge in [0.25, 0.3) is 5.89 Å². The monoisotopic (exact) mass is 347 g/mol. The van der Waals surface area contributed by atoms with Crippen molar-refractivity contribution in [2.75, 3.05) is 19.6 Å². The highest BCUT2D eigenvalue weighted by Crippen LogP contribution is 2.30. The summed E-state index contributed by atoms with van der Waals surface area (Å²) in [6.07, 6.45) is 3.66. The lowest BCUT2D eigenvalue weighted by Gasteiger charge is -2.44. The van der Waals surface area contributed by atoms with Gasteiger partial charge in [0.15, 0.2) is 0 Å². The van der Waals surface area contributed by atoms with Crippen LogP contribution in [0.1, 0.15) is 23.5 Å². The summed E-state index contributed by atoms with van der Waals surface area (Å²) in [7, 11) is 0. The number of carbonyl (C=O) groups is 1. The number of aromatic nitrogens is 1. The fourth-order valence-corrected chi connectivity index (χ4v) is 3.58. The molecule has 3 aliphatic rings. The number of para-hydroxylation sites is 1. The van der Waals surface area contributed by atoms with Crippen LogP contribution in [-0.2, 0) is 0 Å². The highest BCUT2D eigenvalue weighted by Gasteiger charge is 2.35. The summed E-state index contributed by atoms with van der Waals surface area (Å²) in [4.78, 5) is 18.7. The third-order valence-corrected chi connectivity index (χ3v) is 5.01. The van der Waals surface area contributed by atoms with Crippen LogP contribution >= 0.6 is 11.6 Å². The van der Waals surface area contributed by atoms with Gasteiger partial charge in [-0.2, -0.15) is 0 Å². The Balaban J connectivity index is 1.41. The minimum atomic E-state index is -0.303. The Bertz CT molecular complexity index is 740. The molecular formula is C17H18ClN3O3. The van der Waals surface area contributed by atoms with E-state index in [1.807, 2.05) is 6.07 Å². The lowest BCUT2D eigenvalue weighted by Crippen LogP contribution is -2.57. The predicted octanol–water partition coefficient (Wildman–Crippen LogP) is 2.94. The lowest BCUT2D eigenvalue weighted by atomic mass is 9.84. The van der Waals surface area contributed by atoms with Crippen LogP contribution in [0.2, 0.25) is 5.02 Å². The molecule has 1 N–H and O–H groups in total. The SMILES string of the molecule is O=C(NC1CN2CCC1CC2)c1ncc(Oc2ccccc2Cl)o1. The zero-order valence-corrected chi connectivity index (χ0v) is 13.8. The molecule has 0 aliphatic carbocycles. The van der Waals surface area contributed by atoms with E-state index >= 15 is 0 Å². The van der Waals surface area contributed by atoms with Gasteiger partial charge in [0.1, 0.15) is 11.9 Å². The largest absolute Gasteiger partial charge is 0.423 e. The molecule has 5 rings (SSSR count). The van der Waals surface area contributed by atoms with Crippen molar-refractivity contribution in [3.63, 3.8) is 0 Å². The second-order valence-corrected chi connectivity index (χ2v) is 6.64. The zero-order valence-electron chi connectivity index (χ0n) is 13.1. The summed E-state index contributed by atoms with van der Waals surface area (Å²) in [5, 5.41) is 3.50. The number of hydrogen-bond donors (Lipinski definition) is 1. The van der Waals surface area contributed by atoms with Crippen molar-refractivity contribution >= 4 is 17.5 Å². The minimum absolute atomic E-state index is 0.00787. The minimum Gasteiger partial charge on any atom is -0.423 e. The van der Waals surface area contributed by atoms with Gasteiger partial charge in [0.05, 0.1) is 5.02 Å². The number of halogens is 1. The third-order valence-electron chi connectivity index (χ3n) is 4.70. The number of nitrogens with one attached hydrogen (secondary N) is 1. The maximum absolute atomic E-state index is 12.4. The average Bonchev–Trinajstić information content (AvgIpc) is 3.07. The van der Waals surface area contributed by atoms with E-state index in [1.165, 1.54) is 6.20 Å². The average molecular weight is 348 g/mol. The molecule has 126 valence electrons. The Hall–Kier alpha value is -2.05. The van der Waals surface area contributed by atoms with Crippen LogP contribution in [-0.4, -0.2) is 41.5 Å². The van der Waals surface area contributed by atoms with Gasteiger partial charge in [-0.3, -0.25) is 4.79 Å². The van der Waals surface area contributed by atoms with Crippen molar-refractivity contribution in [2.24, 2.45) is 5.92 Å². The molecule has 1 aromatic carbocycles. The maximum Gasteiger partial charge on any atom is 0.311 e. The van der Waals surface area contributed by atoms with E-state index in [2.05, 4.69) is 15.2 Å². The Kier molecular flexibility index (Phi) is 4.16. The second-order valence-electron chi connectivity index (χ2n) is 6.23. The summed E-state index contributed by atoms with van der Waals surface area (Å²) in [6.45, 7) is 3.16. The number of amides is 1. The molecule has 24 heavy (non-hydrogen) atoms.